The lowest BCUT2D eigenvalue weighted by atomic mass is 10.1. The summed E-state index contributed by atoms with van der Waals surface area (Å²) in [5, 5.41) is 0. The van der Waals surface area contributed by atoms with Gasteiger partial charge in [-0.25, -0.2) is 4.57 Å². The third-order valence-corrected chi connectivity index (χ3v) is 9.44. The molecule has 316 valence electrons. The largest absolute Gasteiger partial charge is 0.472 e. The molecule has 0 aliphatic carbocycles. The van der Waals surface area contributed by atoms with Gasteiger partial charge in [0, 0.05) is 13.0 Å². The molecule has 0 aliphatic rings. The number of hydrogen-bond acceptors (Lipinski definition) is 6. The first-order valence-electron chi connectivity index (χ1n) is 21.3. The van der Waals surface area contributed by atoms with Gasteiger partial charge in [-0.15, -0.1) is 0 Å². The Balaban J connectivity index is 4.35. The molecule has 0 rings (SSSR count). The normalized spacial score (nSPS) is 14.7. The summed E-state index contributed by atoms with van der Waals surface area (Å²) in [6.07, 6.45) is 50.5. The van der Waals surface area contributed by atoms with E-state index in [0.717, 1.165) is 96.3 Å². The number of nitrogens with zero attached hydrogens (tertiary/aromatic N) is 1. The first-order chi connectivity index (χ1) is 26.6. The zero-order valence-electron chi connectivity index (χ0n) is 35.6. The van der Waals surface area contributed by atoms with Crippen LogP contribution in [0.3, 0.4) is 0 Å². The first kappa shape index (κ1) is 52.7. The van der Waals surface area contributed by atoms with E-state index in [1.165, 1.54) is 25.7 Å². The van der Waals surface area contributed by atoms with Gasteiger partial charge in [-0.05, 0) is 83.5 Å². The minimum Gasteiger partial charge on any atom is -0.457 e. The molecule has 0 aromatic rings. The van der Waals surface area contributed by atoms with E-state index in [-0.39, 0.29) is 25.8 Å². The van der Waals surface area contributed by atoms with Crippen molar-refractivity contribution in [1.82, 2.24) is 0 Å². The Morgan fingerprint density at radius 3 is 1.49 bits per heavy atom. The Morgan fingerprint density at radius 1 is 0.564 bits per heavy atom. The lowest BCUT2D eigenvalue weighted by Crippen LogP contribution is -2.37. The van der Waals surface area contributed by atoms with Gasteiger partial charge in [0.1, 0.15) is 19.3 Å². The first-order valence-corrected chi connectivity index (χ1v) is 22.8. The van der Waals surface area contributed by atoms with Gasteiger partial charge in [-0.1, -0.05) is 137 Å². The van der Waals surface area contributed by atoms with Crippen LogP contribution in [0.2, 0.25) is 0 Å². The van der Waals surface area contributed by atoms with Crippen molar-refractivity contribution in [3.05, 3.63) is 85.1 Å². The average Bonchev–Trinajstić information content (AvgIpc) is 3.13. The van der Waals surface area contributed by atoms with Crippen LogP contribution in [0, 0.1) is 0 Å². The molecular formula is C46H81NO7P+. The molecule has 0 aromatic carbocycles. The molecule has 0 amide bonds. The molecule has 0 spiro atoms. The highest BCUT2D eigenvalue weighted by Gasteiger charge is 2.26. The Kier molecular flexibility index (Phi) is 36.9. The number of phosphoric acid groups is 1. The molecule has 0 fully saturated rings. The van der Waals surface area contributed by atoms with E-state index >= 15 is 0 Å². The fourth-order valence-electron chi connectivity index (χ4n) is 5.20. The van der Waals surface area contributed by atoms with Gasteiger partial charge in [0.25, 0.3) is 0 Å². The number of allylic oxidation sites excluding steroid dienone is 14. The van der Waals surface area contributed by atoms with E-state index in [0.29, 0.717) is 24.1 Å². The van der Waals surface area contributed by atoms with Crippen molar-refractivity contribution in [3.63, 3.8) is 0 Å². The molecule has 9 heteroatoms. The maximum Gasteiger partial charge on any atom is 0.472 e. The maximum atomic E-state index is 12.7. The van der Waals surface area contributed by atoms with E-state index in [2.05, 4.69) is 98.9 Å². The number of carbonyl (C=O) groups is 1. The van der Waals surface area contributed by atoms with Crippen molar-refractivity contribution in [3.8, 4) is 0 Å². The van der Waals surface area contributed by atoms with Crippen molar-refractivity contribution in [2.24, 2.45) is 0 Å². The van der Waals surface area contributed by atoms with Gasteiger partial charge in [0.2, 0.25) is 0 Å². The molecule has 55 heavy (non-hydrogen) atoms. The molecule has 0 aliphatic heterocycles. The van der Waals surface area contributed by atoms with E-state index in [1.807, 2.05) is 21.1 Å². The van der Waals surface area contributed by atoms with Crippen LogP contribution >= 0.6 is 7.82 Å². The highest BCUT2D eigenvalue weighted by Crippen LogP contribution is 2.43. The zero-order valence-corrected chi connectivity index (χ0v) is 36.5. The van der Waals surface area contributed by atoms with Gasteiger partial charge in [-0.2, -0.15) is 0 Å². The lowest BCUT2D eigenvalue weighted by Gasteiger charge is -2.24. The number of carbonyl (C=O) groups excluding carboxylic acids is 1. The number of rotatable bonds is 38. The maximum absolute atomic E-state index is 12.7. The predicted molar refractivity (Wildman–Crippen MR) is 233 cm³/mol. The summed E-state index contributed by atoms with van der Waals surface area (Å²) < 4.78 is 34.9. The van der Waals surface area contributed by atoms with Crippen LogP contribution in [0.25, 0.3) is 0 Å². The second kappa shape index (κ2) is 38.5. The quantitative estimate of drug-likeness (QED) is 0.0219. The number of quaternary nitrogens is 1. The molecular weight excluding hydrogens is 709 g/mol. The summed E-state index contributed by atoms with van der Waals surface area (Å²) in [7, 11) is 1.62. The van der Waals surface area contributed by atoms with E-state index in [9.17, 15) is 14.3 Å². The highest BCUT2D eigenvalue weighted by molar-refractivity contribution is 7.47. The second-order valence-electron chi connectivity index (χ2n) is 15.0. The van der Waals surface area contributed by atoms with Crippen LogP contribution in [0.1, 0.15) is 142 Å². The predicted octanol–water partition coefficient (Wildman–Crippen LogP) is 12.5. The number of phosphoric ester groups is 1. The van der Waals surface area contributed by atoms with Gasteiger partial charge in [-0.3, -0.25) is 13.8 Å². The topological polar surface area (TPSA) is 91.3 Å². The van der Waals surface area contributed by atoms with Crippen LogP contribution in [0.5, 0.6) is 0 Å². The van der Waals surface area contributed by atoms with E-state index in [1.54, 1.807) is 0 Å². The van der Waals surface area contributed by atoms with E-state index < -0.39 is 13.9 Å². The highest BCUT2D eigenvalue weighted by atomic mass is 31.2. The average molecular weight is 791 g/mol. The molecule has 2 atom stereocenters. The third kappa shape index (κ3) is 42.7. The SMILES string of the molecule is CC/C=C\C/C=C\C/C=C\C/C=C\CCCCCOCC(COP(=O)(O)OCC[N+](C)(C)C)OC(=O)CCCCCCCCC/C=C\C/C=C\C/C=C\CC. The van der Waals surface area contributed by atoms with Crippen molar-refractivity contribution in [2.45, 2.75) is 148 Å². The molecule has 0 aromatic heterocycles. The van der Waals surface area contributed by atoms with Crippen LogP contribution in [-0.4, -0.2) is 75.6 Å². The Bertz CT molecular complexity index is 1150. The summed E-state index contributed by atoms with van der Waals surface area (Å²) in [5.41, 5.74) is 0. The summed E-state index contributed by atoms with van der Waals surface area (Å²) in [4.78, 5) is 22.9. The van der Waals surface area contributed by atoms with Crippen LogP contribution in [0.15, 0.2) is 85.1 Å². The van der Waals surface area contributed by atoms with Gasteiger partial charge < -0.3 is 18.9 Å². The molecule has 0 bridgehead atoms. The number of likely N-dealkylation sites (N-methyl/N-ethyl adjacent to an activating group) is 1. The van der Waals surface area contributed by atoms with E-state index in [4.69, 9.17) is 18.5 Å². The fraction of sp³-hybridized carbons (Fsp3) is 0.674. The Morgan fingerprint density at radius 2 is 1.00 bits per heavy atom. The van der Waals surface area contributed by atoms with Crippen molar-refractivity contribution in [2.75, 3.05) is 54.1 Å². The molecule has 1 N–H and O–H groups in total. The standard InChI is InChI=1S/C46H80NO7P/c1-6-8-10-12-14-16-18-20-22-24-25-27-29-31-33-35-37-39-46(48)54-45(44-53-55(49,50)52-42-40-47(3,4)5)43-51-41-38-36-34-32-30-28-26-23-21-19-17-15-13-11-9-7-2/h8-11,14-17,20-23,28,30,45H,6-7,12-13,18-19,24-27,29,31-44H2,1-5H3/p+1/b10-8-,11-9-,16-14-,17-15-,22-20-,23-21-,30-28-. The molecule has 0 radical (unpaired) electrons. The summed E-state index contributed by atoms with van der Waals surface area (Å²) in [5.74, 6) is -0.340. The monoisotopic (exact) mass is 791 g/mol. The Labute approximate surface area is 337 Å². The molecule has 2 unspecified atom stereocenters. The van der Waals surface area contributed by atoms with Crippen molar-refractivity contribution in [1.29, 1.82) is 0 Å². The van der Waals surface area contributed by atoms with Crippen molar-refractivity contribution < 1.29 is 37.3 Å². The minimum absolute atomic E-state index is 0.0750. The molecule has 8 nitrogen and oxygen atoms in total. The summed E-state index contributed by atoms with van der Waals surface area (Å²) in [6, 6.07) is 0. The smallest absolute Gasteiger partial charge is 0.457 e. The van der Waals surface area contributed by atoms with Crippen LogP contribution < -0.4 is 0 Å². The number of hydrogen-bond donors (Lipinski definition) is 1. The van der Waals surface area contributed by atoms with Crippen LogP contribution in [-0.2, 0) is 27.9 Å². The molecule has 0 heterocycles. The van der Waals surface area contributed by atoms with Gasteiger partial charge >= 0.3 is 13.8 Å². The number of esters is 1. The number of unbranched alkanes of at least 4 members (excludes halogenated alkanes) is 10. The Hall–Kier alpha value is -2.32. The number of ether oxygens (including phenoxy) is 2. The molecule has 0 saturated heterocycles. The minimum atomic E-state index is -4.29. The van der Waals surface area contributed by atoms with Crippen molar-refractivity contribution >= 4 is 13.8 Å². The second-order valence-corrected chi connectivity index (χ2v) is 16.4. The lowest BCUT2D eigenvalue weighted by molar-refractivity contribution is -0.870. The molecule has 0 saturated carbocycles. The fourth-order valence-corrected chi connectivity index (χ4v) is 5.94. The van der Waals surface area contributed by atoms with Crippen LogP contribution in [0.4, 0.5) is 0 Å². The zero-order chi connectivity index (χ0) is 40.6. The third-order valence-electron chi connectivity index (χ3n) is 8.45. The summed E-state index contributed by atoms with van der Waals surface area (Å²) >= 11 is 0. The van der Waals surface area contributed by atoms with Gasteiger partial charge in [0.15, 0.2) is 0 Å². The van der Waals surface area contributed by atoms with Gasteiger partial charge in [0.05, 0.1) is 34.4 Å². The summed E-state index contributed by atoms with van der Waals surface area (Å²) in [6.45, 7) is 5.27.